The van der Waals surface area contributed by atoms with Crippen LogP contribution in [-0.2, 0) is 0 Å². The molecule has 2 aromatic rings. The highest BCUT2D eigenvalue weighted by Gasteiger charge is 2.33. The summed E-state index contributed by atoms with van der Waals surface area (Å²) >= 11 is 0. The van der Waals surface area contributed by atoms with Crippen LogP contribution in [0.25, 0.3) is 17.3 Å². The van der Waals surface area contributed by atoms with Gasteiger partial charge in [0.1, 0.15) is 22.9 Å². The number of imidazole rings is 1. The number of aromatic nitrogens is 2. The number of hydrogen-bond donors (Lipinski definition) is 3. The van der Waals surface area contributed by atoms with E-state index in [2.05, 4.69) is 16.0 Å². The number of carbonyl (C=O) groups excluding carboxylic acids is 1. The fourth-order valence-electron chi connectivity index (χ4n) is 3.30. The second-order valence-corrected chi connectivity index (χ2v) is 7.96. The van der Waals surface area contributed by atoms with Crippen molar-refractivity contribution >= 4 is 12.0 Å². The lowest BCUT2D eigenvalue weighted by molar-refractivity contribution is 0.00550. The van der Waals surface area contributed by atoms with Gasteiger partial charge in [0, 0.05) is 18.7 Å². The summed E-state index contributed by atoms with van der Waals surface area (Å²) in [5, 5.41) is 29.4. The van der Waals surface area contributed by atoms with Gasteiger partial charge in [-0.2, -0.15) is 5.26 Å². The Labute approximate surface area is 181 Å². The summed E-state index contributed by atoms with van der Waals surface area (Å²) in [5.74, 6) is 0.176. The van der Waals surface area contributed by atoms with Crippen LogP contribution in [-0.4, -0.2) is 57.3 Å². The number of phenols is 1. The van der Waals surface area contributed by atoms with Gasteiger partial charge >= 0.3 is 0 Å². The third-order valence-electron chi connectivity index (χ3n) is 5.21. The van der Waals surface area contributed by atoms with Crippen molar-refractivity contribution < 1.29 is 19.7 Å². The van der Waals surface area contributed by atoms with Gasteiger partial charge in [-0.25, -0.2) is 4.98 Å². The van der Waals surface area contributed by atoms with Crippen LogP contribution < -0.4 is 4.74 Å². The molecular weight excluding hydrogens is 396 g/mol. The number of benzene rings is 1. The van der Waals surface area contributed by atoms with Crippen LogP contribution >= 0.6 is 0 Å². The summed E-state index contributed by atoms with van der Waals surface area (Å²) in [6.45, 7) is 6.00. The number of aliphatic hydroxyl groups is 1. The summed E-state index contributed by atoms with van der Waals surface area (Å²) < 4.78 is 5.36. The normalized spacial score (nSPS) is 15.1. The van der Waals surface area contributed by atoms with Gasteiger partial charge in [0.2, 0.25) is 0 Å². The van der Waals surface area contributed by atoms with Gasteiger partial charge in [-0.05, 0) is 44.6 Å². The van der Waals surface area contributed by atoms with E-state index < -0.39 is 17.4 Å². The van der Waals surface area contributed by atoms with Crippen LogP contribution in [0.5, 0.6) is 11.5 Å². The number of rotatable bonds is 6. The summed E-state index contributed by atoms with van der Waals surface area (Å²) in [6.07, 6.45) is 6.61. The van der Waals surface area contributed by atoms with E-state index in [-0.39, 0.29) is 30.2 Å². The van der Waals surface area contributed by atoms with Crippen LogP contribution in [0.1, 0.15) is 37.0 Å². The SMILES string of the molecule is C/C=C\C(=C/c1ncc(-c2cc(O)c(C(=O)N3CC(O)C3)c(OC)c2)[nH]1)C(C)(C)C#N. The number of H-pyrrole nitrogens is 1. The number of ether oxygens (including phenoxy) is 1. The minimum atomic E-state index is -0.687. The molecule has 8 heteroatoms. The molecule has 0 atom stereocenters. The number of likely N-dealkylation sites (tertiary alicyclic amines) is 1. The second kappa shape index (κ2) is 8.66. The number of carbonyl (C=O) groups is 1. The molecule has 0 unspecified atom stereocenters. The highest BCUT2D eigenvalue weighted by Crippen LogP contribution is 2.36. The van der Waals surface area contributed by atoms with E-state index in [0.717, 1.165) is 5.57 Å². The second-order valence-electron chi connectivity index (χ2n) is 7.96. The maximum atomic E-state index is 12.6. The van der Waals surface area contributed by atoms with Crippen molar-refractivity contribution in [2.75, 3.05) is 20.2 Å². The zero-order valence-electron chi connectivity index (χ0n) is 18.0. The lowest BCUT2D eigenvalue weighted by Gasteiger charge is -2.36. The van der Waals surface area contributed by atoms with E-state index in [1.807, 2.05) is 32.9 Å². The molecule has 1 amide bonds. The molecule has 162 valence electrons. The molecular formula is C23H26N4O4. The van der Waals surface area contributed by atoms with E-state index in [4.69, 9.17) is 4.74 Å². The first-order valence-corrected chi connectivity index (χ1v) is 9.90. The largest absolute Gasteiger partial charge is 0.507 e. The quantitative estimate of drug-likeness (QED) is 0.615. The number of aliphatic hydroxyl groups excluding tert-OH is 1. The number of allylic oxidation sites excluding steroid dienone is 3. The number of hydrogen-bond acceptors (Lipinski definition) is 6. The van der Waals surface area contributed by atoms with Crippen molar-refractivity contribution in [2.24, 2.45) is 5.41 Å². The van der Waals surface area contributed by atoms with E-state index >= 15 is 0 Å². The Hall–Kier alpha value is -3.57. The third kappa shape index (κ3) is 4.47. The van der Waals surface area contributed by atoms with Gasteiger partial charge < -0.3 is 24.8 Å². The predicted octanol–water partition coefficient (Wildman–Crippen LogP) is 3.12. The van der Waals surface area contributed by atoms with Crippen molar-refractivity contribution in [1.82, 2.24) is 14.9 Å². The Bertz CT molecular complexity index is 1090. The fourth-order valence-corrected chi connectivity index (χ4v) is 3.30. The van der Waals surface area contributed by atoms with Gasteiger partial charge in [-0.3, -0.25) is 4.79 Å². The number of methoxy groups -OCH3 is 1. The van der Waals surface area contributed by atoms with Gasteiger partial charge in [0.15, 0.2) is 0 Å². The first-order valence-electron chi connectivity index (χ1n) is 9.90. The summed E-state index contributed by atoms with van der Waals surface area (Å²) in [4.78, 5) is 21.6. The van der Waals surface area contributed by atoms with Crippen molar-refractivity contribution in [2.45, 2.75) is 26.9 Å². The third-order valence-corrected chi connectivity index (χ3v) is 5.21. The number of amides is 1. The van der Waals surface area contributed by atoms with Gasteiger partial charge in [-0.15, -0.1) is 0 Å². The van der Waals surface area contributed by atoms with Crippen molar-refractivity contribution in [1.29, 1.82) is 5.26 Å². The number of aromatic amines is 1. The number of β-amino-alcohol motifs (C(OH)–C–C–N with tert-alkyl or cyclic N) is 1. The molecule has 1 fully saturated rings. The topological polar surface area (TPSA) is 122 Å². The zero-order chi connectivity index (χ0) is 22.8. The van der Waals surface area contributed by atoms with Crippen LogP contribution in [0, 0.1) is 16.7 Å². The molecule has 3 N–H and O–H groups in total. The number of nitrogens with one attached hydrogen (secondary N) is 1. The van der Waals surface area contributed by atoms with E-state index in [0.29, 0.717) is 17.1 Å². The molecule has 1 aromatic heterocycles. The van der Waals surface area contributed by atoms with E-state index in [9.17, 15) is 20.3 Å². The molecule has 0 bridgehead atoms. The molecule has 8 nitrogen and oxygen atoms in total. The van der Waals surface area contributed by atoms with Crippen molar-refractivity contribution in [3.8, 4) is 28.8 Å². The Morgan fingerprint density at radius 2 is 2.13 bits per heavy atom. The van der Waals surface area contributed by atoms with Gasteiger partial charge in [-0.1, -0.05) is 12.2 Å². The molecule has 0 spiro atoms. The first kappa shape index (κ1) is 22.1. The van der Waals surface area contributed by atoms with Gasteiger partial charge in [0.05, 0.1) is 36.6 Å². The lowest BCUT2D eigenvalue weighted by Crippen LogP contribution is -2.53. The number of phenolic OH excluding ortho intramolecular Hbond substituents is 1. The molecule has 1 aliphatic heterocycles. The molecule has 2 heterocycles. The fraction of sp³-hybridized carbons (Fsp3) is 0.348. The monoisotopic (exact) mass is 422 g/mol. The zero-order valence-corrected chi connectivity index (χ0v) is 18.0. The van der Waals surface area contributed by atoms with Crippen LogP contribution in [0.15, 0.2) is 36.1 Å². The summed E-state index contributed by atoms with van der Waals surface area (Å²) in [6, 6.07) is 5.40. The molecule has 1 aliphatic rings. The molecule has 0 saturated carbocycles. The number of aromatic hydroxyl groups is 1. The maximum Gasteiger partial charge on any atom is 0.261 e. The molecule has 1 saturated heterocycles. The molecule has 0 aliphatic carbocycles. The van der Waals surface area contributed by atoms with Gasteiger partial charge in [0.25, 0.3) is 5.91 Å². The Morgan fingerprint density at radius 3 is 2.71 bits per heavy atom. The highest BCUT2D eigenvalue weighted by molar-refractivity contribution is 6.01. The van der Waals surface area contributed by atoms with Crippen LogP contribution in [0.4, 0.5) is 0 Å². The minimum Gasteiger partial charge on any atom is -0.507 e. The Kier molecular flexibility index (Phi) is 6.18. The molecule has 3 rings (SSSR count). The highest BCUT2D eigenvalue weighted by atomic mass is 16.5. The standard InChI is InChI=1S/C23H26N4O4/c1-5-6-15(23(2,3)13-24)9-20-25-10-17(26-20)14-7-18(29)21(19(8-14)31-4)22(30)27-11-16(28)12-27/h5-10,16,28-29H,11-12H2,1-4H3,(H,25,26)/b6-5-,15-9+. The number of nitrogens with zero attached hydrogens (tertiary/aromatic N) is 3. The molecule has 0 radical (unpaired) electrons. The Balaban J connectivity index is 1.95. The van der Waals surface area contributed by atoms with Crippen LogP contribution in [0.3, 0.4) is 0 Å². The summed E-state index contributed by atoms with van der Waals surface area (Å²) in [7, 11) is 1.43. The average molecular weight is 422 g/mol. The van der Waals surface area contributed by atoms with E-state index in [1.54, 1.807) is 18.3 Å². The first-order chi connectivity index (χ1) is 14.7. The van der Waals surface area contributed by atoms with Crippen LogP contribution in [0.2, 0.25) is 0 Å². The van der Waals surface area contributed by atoms with E-state index in [1.165, 1.54) is 18.1 Å². The van der Waals surface area contributed by atoms with Crippen molar-refractivity contribution in [3.05, 3.63) is 47.4 Å². The number of nitriles is 1. The average Bonchev–Trinajstić information content (AvgIpc) is 3.18. The smallest absolute Gasteiger partial charge is 0.261 e. The molecule has 31 heavy (non-hydrogen) atoms. The minimum absolute atomic E-state index is 0.0592. The molecule has 1 aromatic carbocycles. The lowest BCUT2D eigenvalue weighted by atomic mass is 9.85. The maximum absolute atomic E-state index is 12.6. The van der Waals surface area contributed by atoms with Crippen molar-refractivity contribution in [3.63, 3.8) is 0 Å². The summed E-state index contributed by atoms with van der Waals surface area (Å²) in [5.41, 5.74) is 1.38. The Morgan fingerprint density at radius 1 is 1.42 bits per heavy atom. The predicted molar refractivity (Wildman–Crippen MR) is 116 cm³/mol.